The van der Waals surface area contributed by atoms with Crippen LogP contribution >= 0.6 is 0 Å². The first-order valence-corrected chi connectivity index (χ1v) is 4.83. The summed E-state index contributed by atoms with van der Waals surface area (Å²) in [6, 6.07) is 0. The Balaban J connectivity index is 2.92. The molecule has 0 spiro atoms. The maximum absolute atomic E-state index is 13.4. The smallest absolute Gasteiger partial charge is 0.252 e. The molecule has 1 rings (SSSR count). The van der Waals surface area contributed by atoms with Crippen molar-refractivity contribution in [1.82, 2.24) is 0 Å². The van der Waals surface area contributed by atoms with E-state index >= 15 is 0 Å². The molecule has 0 aliphatic heterocycles. The Morgan fingerprint density at radius 1 is 1.67 bits per heavy atom. The van der Waals surface area contributed by atoms with Crippen molar-refractivity contribution in [3.05, 3.63) is 33.5 Å². The molecule has 84 valence electrons. The zero-order valence-corrected chi connectivity index (χ0v) is 8.99. The van der Waals surface area contributed by atoms with Crippen LogP contribution in [0.1, 0.15) is 27.2 Å². The van der Waals surface area contributed by atoms with Crippen LogP contribution in [0.4, 0.5) is 4.39 Å². The fourth-order valence-electron chi connectivity index (χ4n) is 1.45. The predicted octanol–water partition coefficient (Wildman–Crippen LogP) is 2.79. The Hall–Kier alpha value is -1.39. The monoisotopic (exact) mass is 215 g/mol. The molecule has 15 heavy (non-hydrogen) atoms. The van der Waals surface area contributed by atoms with E-state index in [4.69, 9.17) is 4.74 Å². The minimum absolute atomic E-state index is 0.0939. The van der Waals surface area contributed by atoms with Gasteiger partial charge in [0.1, 0.15) is 5.76 Å². The second kappa shape index (κ2) is 4.42. The van der Waals surface area contributed by atoms with E-state index in [2.05, 4.69) is 0 Å². The van der Waals surface area contributed by atoms with Crippen LogP contribution in [0.15, 0.2) is 23.4 Å². The van der Waals surface area contributed by atoms with Crippen molar-refractivity contribution in [2.75, 3.05) is 0 Å². The molecular formula is C10H14FNO3. The van der Waals surface area contributed by atoms with Gasteiger partial charge >= 0.3 is 0 Å². The molecule has 1 atom stereocenters. The van der Waals surface area contributed by atoms with E-state index in [1.54, 1.807) is 20.8 Å². The van der Waals surface area contributed by atoms with Gasteiger partial charge in [0.2, 0.25) is 0 Å². The minimum atomic E-state index is -0.631. The lowest BCUT2D eigenvalue weighted by Crippen LogP contribution is -2.16. The molecule has 0 saturated carbocycles. The summed E-state index contributed by atoms with van der Waals surface area (Å²) in [6.45, 7) is 5.26. The first kappa shape index (κ1) is 11.7. The maximum atomic E-state index is 13.4. The van der Waals surface area contributed by atoms with Crippen molar-refractivity contribution < 1.29 is 14.1 Å². The summed E-state index contributed by atoms with van der Waals surface area (Å²) in [5, 5.41) is 10.5. The molecule has 0 bridgehead atoms. The average Bonchev–Trinajstić information content (AvgIpc) is 2.09. The number of allylic oxidation sites excluding steroid dienone is 4. The molecule has 0 aromatic carbocycles. The highest BCUT2D eigenvalue weighted by atomic mass is 19.1. The molecule has 0 heterocycles. The van der Waals surface area contributed by atoms with E-state index in [1.165, 1.54) is 0 Å². The lowest BCUT2D eigenvalue weighted by Gasteiger charge is -2.19. The summed E-state index contributed by atoms with van der Waals surface area (Å²) < 4.78 is 18.6. The molecule has 0 aromatic heterocycles. The van der Waals surface area contributed by atoms with Crippen LogP contribution in [-0.2, 0) is 4.74 Å². The largest absolute Gasteiger partial charge is 0.492 e. The van der Waals surface area contributed by atoms with Crippen LogP contribution in [0.3, 0.4) is 0 Å². The molecule has 4 nitrogen and oxygen atoms in total. The zero-order valence-electron chi connectivity index (χ0n) is 8.99. The van der Waals surface area contributed by atoms with Crippen molar-refractivity contribution in [3.8, 4) is 0 Å². The number of hydrogen-bond acceptors (Lipinski definition) is 3. The van der Waals surface area contributed by atoms with Crippen molar-refractivity contribution in [2.45, 2.75) is 33.3 Å². The Bertz CT molecular complexity index is 334. The summed E-state index contributed by atoms with van der Waals surface area (Å²) >= 11 is 0. The standard InChI is InChI=1S/C10H14FNO3/c1-6(2)15-10-4-7(3)9(12(13)14)5-8(10)11/h5-7H,4H2,1-3H3. The lowest BCUT2D eigenvalue weighted by molar-refractivity contribution is -0.433. The number of nitrogens with zero attached hydrogens (tertiary/aromatic N) is 1. The van der Waals surface area contributed by atoms with Crippen molar-refractivity contribution in [3.63, 3.8) is 0 Å². The molecule has 0 N–H and O–H groups in total. The van der Waals surface area contributed by atoms with Crippen LogP contribution in [0.5, 0.6) is 0 Å². The molecule has 0 fully saturated rings. The summed E-state index contributed by atoms with van der Waals surface area (Å²) in [5.41, 5.74) is -0.0939. The highest BCUT2D eigenvalue weighted by Crippen LogP contribution is 2.31. The van der Waals surface area contributed by atoms with Gasteiger partial charge in [0, 0.05) is 6.42 Å². The zero-order chi connectivity index (χ0) is 11.6. The minimum Gasteiger partial charge on any atom is -0.492 e. The van der Waals surface area contributed by atoms with Gasteiger partial charge in [-0.25, -0.2) is 4.39 Å². The number of hydrogen-bond donors (Lipinski definition) is 0. The van der Waals surface area contributed by atoms with Gasteiger partial charge in [-0.3, -0.25) is 10.1 Å². The van der Waals surface area contributed by atoms with Gasteiger partial charge in [-0.2, -0.15) is 0 Å². The summed E-state index contributed by atoms with van der Waals surface area (Å²) in [6.07, 6.45) is 1.08. The molecule has 1 unspecified atom stereocenters. The Morgan fingerprint density at radius 2 is 2.27 bits per heavy atom. The van der Waals surface area contributed by atoms with Crippen LogP contribution in [0, 0.1) is 16.0 Å². The van der Waals surface area contributed by atoms with Crippen LogP contribution in [-0.4, -0.2) is 11.0 Å². The van der Waals surface area contributed by atoms with Crippen LogP contribution < -0.4 is 0 Å². The fraction of sp³-hybridized carbons (Fsp3) is 0.600. The Morgan fingerprint density at radius 3 is 2.73 bits per heavy atom. The average molecular weight is 215 g/mol. The molecule has 0 aromatic rings. The molecule has 0 radical (unpaired) electrons. The summed E-state index contributed by atoms with van der Waals surface area (Å²) in [7, 11) is 0. The number of halogens is 1. The molecule has 1 aliphatic rings. The Labute approximate surface area is 87.6 Å². The van der Waals surface area contributed by atoms with E-state index in [0.29, 0.717) is 0 Å². The third-order valence-corrected chi connectivity index (χ3v) is 2.13. The van der Waals surface area contributed by atoms with Crippen LogP contribution in [0.25, 0.3) is 0 Å². The van der Waals surface area contributed by atoms with Gasteiger partial charge in [-0.1, -0.05) is 6.92 Å². The molecule has 1 aliphatic carbocycles. The fourth-order valence-corrected chi connectivity index (χ4v) is 1.45. The summed E-state index contributed by atoms with van der Waals surface area (Å²) in [4.78, 5) is 10.0. The van der Waals surface area contributed by atoms with E-state index in [1.807, 2.05) is 0 Å². The SMILES string of the molecule is CC(C)OC1=C(F)C=C([N+](=O)[O-])C(C)C1. The van der Waals surface area contributed by atoms with Gasteiger partial charge in [0.05, 0.1) is 23.0 Å². The number of ether oxygens (including phenoxy) is 1. The first-order valence-electron chi connectivity index (χ1n) is 4.83. The lowest BCUT2D eigenvalue weighted by atomic mass is 9.97. The second-order valence-electron chi connectivity index (χ2n) is 3.87. The van der Waals surface area contributed by atoms with Gasteiger partial charge in [0.25, 0.3) is 5.70 Å². The second-order valence-corrected chi connectivity index (χ2v) is 3.87. The van der Waals surface area contributed by atoms with E-state index < -0.39 is 10.8 Å². The van der Waals surface area contributed by atoms with Crippen molar-refractivity contribution in [2.24, 2.45) is 5.92 Å². The summed E-state index contributed by atoms with van der Waals surface area (Å²) in [5.74, 6) is -0.732. The molecule has 5 heteroatoms. The third kappa shape index (κ3) is 2.78. The molecule has 0 saturated heterocycles. The maximum Gasteiger partial charge on any atom is 0.252 e. The highest BCUT2D eigenvalue weighted by molar-refractivity contribution is 5.24. The van der Waals surface area contributed by atoms with Gasteiger partial charge in [0.15, 0.2) is 5.83 Å². The normalized spacial score (nSPS) is 21.7. The van der Waals surface area contributed by atoms with E-state index in [9.17, 15) is 14.5 Å². The van der Waals surface area contributed by atoms with E-state index in [0.717, 1.165) is 6.08 Å². The predicted molar refractivity (Wildman–Crippen MR) is 53.2 cm³/mol. The Kier molecular flexibility index (Phi) is 3.44. The van der Waals surface area contributed by atoms with Crippen molar-refractivity contribution >= 4 is 0 Å². The van der Waals surface area contributed by atoms with Gasteiger partial charge in [-0.15, -0.1) is 0 Å². The number of rotatable bonds is 3. The van der Waals surface area contributed by atoms with Crippen molar-refractivity contribution in [1.29, 1.82) is 0 Å². The number of nitro groups is 1. The molecule has 0 amide bonds. The van der Waals surface area contributed by atoms with Gasteiger partial charge < -0.3 is 4.74 Å². The van der Waals surface area contributed by atoms with Crippen LogP contribution in [0.2, 0.25) is 0 Å². The highest BCUT2D eigenvalue weighted by Gasteiger charge is 2.29. The third-order valence-electron chi connectivity index (χ3n) is 2.13. The quantitative estimate of drug-likeness (QED) is 0.537. The van der Waals surface area contributed by atoms with Gasteiger partial charge in [-0.05, 0) is 13.8 Å². The van der Waals surface area contributed by atoms with E-state index in [-0.39, 0.29) is 29.9 Å². The first-order chi connectivity index (χ1) is 6.91. The topological polar surface area (TPSA) is 52.4 Å². The molecular weight excluding hydrogens is 201 g/mol.